The summed E-state index contributed by atoms with van der Waals surface area (Å²) in [6.45, 7) is 0. The molecule has 0 unspecified atom stereocenters. The highest BCUT2D eigenvalue weighted by atomic mass is 16.4. The first-order chi connectivity index (χ1) is 10.1. The van der Waals surface area contributed by atoms with E-state index in [1.54, 1.807) is 24.3 Å². The minimum Gasteiger partial charge on any atom is -0.481 e. The normalized spacial score (nSPS) is 25.9. The van der Waals surface area contributed by atoms with Crippen molar-refractivity contribution in [1.29, 1.82) is 0 Å². The number of benzene rings is 1. The first-order valence-corrected chi connectivity index (χ1v) is 7.47. The lowest BCUT2D eigenvalue weighted by molar-refractivity contribution is -0.138. The van der Waals surface area contributed by atoms with Crippen molar-refractivity contribution < 1.29 is 19.5 Å². The molecule has 4 nitrogen and oxygen atoms in total. The molecule has 2 aliphatic carbocycles. The van der Waals surface area contributed by atoms with Crippen LogP contribution in [0.4, 0.5) is 0 Å². The molecule has 0 aromatic heterocycles. The number of hydrogen-bond donors (Lipinski definition) is 1. The number of Topliss-reactive ketones (excluding diaryl/α,β-unsaturated/α-hetero) is 2. The van der Waals surface area contributed by atoms with Crippen LogP contribution < -0.4 is 0 Å². The Balaban J connectivity index is 1.71. The fourth-order valence-electron chi connectivity index (χ4n) is 3.77. The molecule has 0 radical (unpaired) electrons. The molecule has 1 N–H and O–H groups in total. The number of aliphatic carboxylic acids is 1. The van der Waals surface area contributed by atoms with Crippen molar-refractivity contribution in [1.82, 2.24) is 0 Å². The zero-order chi connectivity index (χ0) is 15.0. The van der Waals surface area contributed by atoms with Gasteiger partial charge in [-0.15, -0.1) is 0 Å². The van der Waals surface area contributed by atoms with Gasteiger partial charge in [0.2, 0.25) is 0 Å². The summed E-state index contributed by atoms with van der Waals surface area (Å²) < 4.78 is 0. The van der Waals surface area contributed by atoms with Crippen LogP contribution in [0, 0.1) is 17.8 Å². The van der Waals surface area contributed by atoms with Crippen LogP contribution in [-0.4, -0.2) is 22.6 Å². The monoisotopic (exact) mass is 286 g/mol. The maximum atomic E-state index is 12.5. The molecule has 110 valence electrons. The third-order valence-electron chi connectivity index (χ3n) is 4.85. The Bertz CT molecular complexity index is 562. The molecule has 1 fully saturated rings. The van der Waals surface area contributed by atoms with E-state index in [4.69, 9.17) is 5.11 Å². The number of fused-ring (bicyclic) bond motifs is 1. The van der Waals surface area contributed by atoms with Crippen LogP contribution in [0.5, 0.6) is 0 Å². The van der Waals surface area contributed by atoms with E-state index in [-0.39, 0.29) is 29.8 Å². The average Bonchev–Trinajstić information content (AvgIpc) is 2.72. The molecule has 1 aromatic rings. The van der Waals surface area contributed by atoms with Gasteiger partial charge in [0.15, 0.2) is 11.6 Å². The van der Waals surface area contributed by atoms with Crippen LogP contribution in [0.1, 0.15) is 52.8 Å². The highest BCUT2D eigenvalue weighted by Crippen LogP contribution is 2.40. The third-order valence-corrected chi connectivity index (χ3v) is 4.85. The average molecular weight is 286 g/mol. The highest BCUT2D eigenvalue weighted by molar-refractivity contribution is 6.26. The predicted octanol–water partition coefficient (Wildman–Crippen LogP) is 2.96. The summed E-state index contributed by atoms with van der Waals surface area (Å²) >= 11 is 0. The summed E-state index contributed by atoms with van der Waals surface area (Å²) in [5.41, 5.74) is 1.11. The fourth-order valence-corrected chi connectivity index (χ4v) is 3.77. The second-order valence-electron chi connectivity index (χ2n) is 6.13. The number of carbonyl (C=O) groups is 3. The molecule has 0 bridgehead atoms. The molecule has 0 spiro atoms. The molecule has 21 heavy (non-hydrogen) atoms. The Labute approximate surface area is 123 Å². The molecule has 0 saturated heterocycles. The van der Waals surface area contributed by atoms with Crippen LogP contribution in [0.3, 0.4) is 0 Å². The van der Waals surface area contributed by atoms with Crippen molar-refractivity contribution in [3.8, 4) is 0 Å². The van der Waals surface area contributed by atoms with Crippen molar-refractivity contribution in [3.63, 3.8) is 0 Å². The van der Waals surface area contributed by atoms with E-state index in [1.807, 2.05) is 0 Å². The third kappa shape index (κ3) is 2.50. The van der Waals surface area contributed by atoms with Gasteiger partial charge in [-0.1, -0.05) is 24.3 Å². The standard InChI is InChI=1S/C17H18O4/c18-14(19)9-10-5-7-11(8-6-10)15-16(20)12-3-1-2-4-13(12)17(15)21/h1-4,10-11,15H,5-9H2,(H,18,19). The smallest absolute Gasteiger partial charge is 0.303 e. The van der Waals surface area contributed by atoms with Gasteiger partial charge < -0.3 is 5.11 Å². The molecule has 0 aliphatic heterocycles. The molecule has 1 saturated carbocycles. The van der Waals surface area contributed by atoms with Crippen LogP contribution >= 0.6 is 0 Å². The topological polar surface area (TPSA) is 71.4 Å². The molecule has 0 amide bonds. The van der Waals surface area contributed by atoms with Crippen LogP contribution in [0.15, 0.2) is 24.3 Å². The molecule has 4 heteroatoms. The number of carboxylic acids is 1. The lowest BCUT2D eigenvalue weighted by atomic mass is 9.73. The molecule has 0 heterocycles. The van der Waals surface area contributed by atoms with E-state index in [0.29, 0.717) is 11.1 Å². The second-order valence-corrected chi connectivity index (χ2v) is 6.13. The van der Waals surface area contributed by atoms with Crippen LogP contribution in [0.25, 0.3) is 0 Å². The Morgan fingerprint density at radius 2 is 1.52 bits per heavy atom. The van der Waals surface area contributed by atoms with Gasteiger partial charge in [0.25, 0.3) is 0 Å². The van der Waals surface area contributed by atoms with Gasteiger partial charge in [-0.2, -0.15) is 0 Å². The van der Waals surface area contributed by atoms with Crippen LogP contribution in [0.2, 0.25) is 0 Å². The molecular formula is C17H18O4. The Kier molecular flexibility index (Phi) is 3.62. The fraction of sp³-hybridized carbons (Fsp3) is 0.471. The number of ketones is 2. The van der Waals surface area contributed by atoms with Gasteiger partial charge in [-0.25, -0.2) is 0 Å². The van der Waals surface area contributed by atoms with Crippen LogP contribution in [-0.2, 0) is 4.79 Å². The number of carbonyl (C=O) groups excluding carboxylic acids is 2. The Morgan fingerprint density at radius 1 is 1.00 bits per heavy atom. The minimum absolute atomic E-state index is 0.0442. The Hall–Kier alpha value is -1.97. The minimum atomic E-state index is -0.765. The first-order valence-electron chi connectivity index (χ1n) is 7.47. The molecular weight excluding hydrogens is 268 g/mol. The highest BCUT2D eigenvalue weighted by Gasteiger charge is 2.43. The summed E-state index contributed by atoms with van der Waals surface area (Å²) in [6.07, 6.45) is 3.33. The van der Waals surface area contributed by atoms with E-state index < -0.39 is 11.9 Å². The lowest BCUT2D eigenvalue weighted by Crippen LogP contribution is -2.29. The molecule has 3 rings (SSSR count). The summed E-state index contributed by atoms with van der Waals surface area (Å²) in [5.74, 6) is -1.13. The van der Waals surface area contributed by atoms with E-state index >= 15 is 0 Å². The molecule has 1 aromatic carbocycles. The zero-order valence-electron chi connectivity index (χ0n) is 11.7. The summed E-state index contributed by atoms with van der Waals surface area (Å²) in [7, 11) is 0. The quantitative estimate of drug-likeness (QED) is 0.867. The maximum absolute atomic E-state index is 12.5. The Morgan fingerprint density at radius 3 is 2.00 bits per heavy atom. The largest absolute Gasteiger partial charge is 0.481 e. The van der Waals surface area contributed by atoms with E-state index in [0.717, 1.165) is 25.7 Å². The van der Waals surface area contributed by atoms with Gasteiger partial charge in [0, 0.05) is 17.5 Å². The van der Waals surface area contributed by atoms with E-state index in [2.05, 4.69) is 0 Å². The molecule has 0 atom stereocenters. The van der Waals surface area contributed by atoms with E-state index in [1.165, 1.54) is 0 Å². The van der Waals surface area contributed by atoms with Crippen molar-refractivity contribution >= 4 is 17.5 Å². The van der Waals surface area contributed by atoms with Gasteiger partial charge in [-0.05, 0) is 37.5 Å². The number of hydrogen-bond acceptors (Lipinski definition) is 3. The molecule has 2 aliphatic rings. The SMILES string of the molecule is O=C(O)CC1CCC(C2C(=O)c3ccccc3C2=O)CC1. The predicted molar refractivity (Wildman–Crippen MR) is 76.3 cm³/mol. The van der Waals surface area contributed by atoms with Gasteiger partial charge >= 0.3 is 5.97 Å². The first kappa shape index (κ1) is 14.0. The van der Waals surface area contributed by atoms with Crippen molar-refractivity contribution in [2.75, 3.05) is 0 Å². The van der Waals surface area contributed by atoms with Crippen molar-refractivity contribution in [2.24, 2.45) is 17.8 Å². The van der Waals surface area contributed by atoms with E-state index in [9.17, 15) is 14.4 Å². The number of rotatable bonds is 3. The second kappa shape index (κ2) is 5.43. The van der Waals surface area contributed by atoms with Crippen molar-refractivity contribution in [2.45, 2.75) is 32.1 Å². The summed E-state index contributed by atoms with van der Waals surface area (Å²) in [4.78, 5) is 35.7. The summed E-state index contributed by atoms with van der Waals surface area (Å²) in [6, 6.07) is 7.03. The van der Waals surface area contributed by atoms with Crippen molar-refractivity contribution in [3.05, 3.63) is 35.4 Å². The lowest BCUT2D eigenvalue weighted by Gasteiger charge is -2.30. The van der Waals surface area contributed by atoms with Gasteiger partial charge in [0.1, 0.15) is 0 Å². The summed E-state index contributed by atoms with van der Waals surface area (Å²) in [5, 5.41) is 8.84. The maximum Gasteiger partial charge on any atom is 0.303 e. The zero-order valence-corrected chi connectivity index (χ0v) is 11.7. The van der Waals surface area contributed by atoms with Gasteiger partial charge in [0.05, 0.1) is 5.92 Å². The van der Waals surface area contributed by atoms with Gasteiger partial charge in [-0.3, -0.25) is 14.4 Å². The number of carboxylic acid groups (broad SMARTS) is 1.